The Labute approximate surface area is 197 Å². The van der Waals surface area contributed by atoms with Gasteiger partial charge in [0.1, 0.15) is 24.5 Å². The van der Waals surface area contributed by atoms with Crippen LogP contribution in [0.1, 0.15) is 34.3 Å². The quantitative estimate of drug-likeness (QED) is 0.493. The lowest BCUT2D eigenvalue weighted by molar-refractivity contribution is 0.0981. The Balaban J connectivity index is 1.46. The van der Waals surface area contributed by atoms with Gasteiger partial charge in [-0.25, -0.2) is 27.5 Å². The van der Waals surface area contributed by atoms with Crippen molar-refractivity contribution in [2.24, 2.45) is 5.92 Å². The molecular formula is C24H24FN3O5S. The van der Waals surface area contributed by atoms with Gasteiger partial charge in [0.05, 0.1) is 18.6 Å². The molecular weight excluding hydrogens is 461 g/mol. The van der Waals surface area contributed by atoms with E-state index in [0.717, 1.165) is 30.2 Å². The van der Waals surface area contributed by atoms with E-state index in [1.807, 2.05) is 11.6 Å². The number of amides is 1. The fourth-order valence-electron chi connectivity index (χ4n) is 3.28. The van der Waals surface area contributed by atoms with Crippen molar-refractivity contribution in [3.05, 3.63) is 71.3 Å². The molecule has 0 bridgehead atoms. The molecule has 10 heteroatoms. The summed E-state index contributed by atoms with van der Waals surface area (Å²) in [6, 6.07) is 10.6. The highest BCUT2D eigenvalue weighted by Crippen LogP contribution is 2.32. The van der Waals surface area contributed by atoms with Crippen LogP contribution in [-0.4, -0.2) is 37.2 Å². The van der Waals surface area contributed by atoms with Crippen molar-refractivity contribution in [3.8, 4) is 22.9 Å². The number of nitrogens with zero attached hydrogens (tertiary/aromatic N) is 2. The van der Waals surface area contributed by atoms with E-state index < -0.39 is 21.7 Å². The van der Waals surface area contributed by atoms with Crippen LogP contribution >= 0.6 is 0 Å². The maximum Gasteiger partial charge on any atom is 0.264 e. The number of rotatable bonds is 9. The summed E-state index contributed by atoms with van der Waals surface area (Å²) in [7, 11) is -3.65. The summed E-state index contributed by atoms with van der Waals surface area (Å²) >= 11 is 0. The smallest absolute Gasteiger partial charge is 0.264 e. The second kappa shape index (κ2) is 9.76. The molecule has 1 fully saturated rings. The average molecular weight is 486 g/mol. The van der Waals surface area contributed by atoms with Gasteiger partial charge >= 0.3 is 0 Å². The van der Waals surface area contributed by atoms with E-state index in [0.29, 0.717) is 35.4 Å². The molecule has 1 aromatic heterocycles. The van der Waals surface area contributed by atoms with E-state index >= 15 is 0 Å². The molecule has 178 valence electrons. The number of hydrogen-bond donors (Lipinski definition) is 1. The molecule has 3 aromatic rings. The summed E-state index contributed by atoms with van der Waals surface area (Å²) in [5.41, 5.74) is 2.74. The molecule has 1 saturated carbocycles. The number of sulfonamides is 1. The van der Waals surface area contributed by atoms with Crippen molar-refractivity contribution >= 4 is 15.9 Å². The zero-order valence-corrected chi connectivity index (χ0v) is 19.6. The third kappa shape index (κ3) is 6.28. The number of carbonyl (C=O) groups excluding carboxylic acids is 1. The van der Waals surface area contributed by atoms with Gasteiger partial charge in [-0.3, -0.25) is 4.79 Å². The topological polar surface area (TPSA) is 107 Å². The van der Waals surface area contributed by atoms with Gasteiger partial charge in [0.15, 0.2) is 0 Å². The maximum atomic E-state index is 14.4. The van der Waals surface area contributed by atoms with Crippen LogP contribution in [0.3, 0.4) is 0 Å². The Morgan fingerprint density at radius 2 is 1.85 bits per heavy atom. The van der Waals surface area contributed by atoms with Gasteiger partial charge in [0, 0.05) is 22.8 Å². The van der Waals surface area contributed by atoms with E-state index in [2.05, 4.69) is 9.97 Å². The van der Waals surface area contributed by atoms with Crippen LogP contribution < -0.4 is 14.2 Å². The molecule has 8 nitrogen and oxygen atoms in total. The van der Waals surface area contributed by atoms with Gasteiger partial charge in [-0.05, 0) is 55.5 Å². The average Bonchev–Trinajstić information content (AvgIpc) is 3.60. The number of carbonyl (C=O) groups is 1. The molecule has 34 heavy (non-hydrogen) atoms. The van der Waals surface area contributed by atoms with Crippen LogP contribution in [0.15, 0.2) is 48.8 Å². The number of hydrogen-bond acceptors (Lipinski definition) is 7. The predicted molar refractivity (Wildman–Crippen MR) is 123 cm³/mol. The molecule has 0 atom stereocenters. The second-order valence-electron chi connectivity index (χ2n) is 8.27. The van der Waals surface area contributed by atoms with Crippen LogP contribution in [0, 0.1) is 18.7 Å². The van der Waals surface area contributed by atoms with Crippen molar-refractivity contribution in [2.45, 2.75) is 26.4 Å². The van der Waals surface area contributed by atoms with Gasteiger partial charge < -0.3 is 9.47 Å². The third-order valence-corrected chi connectivity index (χ3v) is 5.79. The zero-order chi connectivity index (χ0) is 24.3. The molecule has 0 aliphatic heterocycles. The van der Waals surface area contributed by atoms with E-state index in [1.165, 1.54) is 30.6 Å². The molecule has 1 aliphatic rings. The third-order valence-electron chi connectivity index (χ3n) is 5.23. The normalized spacial score (nSPS) is 13.4. The van der Waals surface area contributed by atoms with Crippen molar-refractivity contribution in [1.29, 1.82) is 0 Å². The summed E-state index contributed by atoms with van der Waals surface area (Å²) < 4.78 is 50.2. The standard InChI is InChI=1S/C24H24FN3O5S/c1-15-22(26-14-27-24(15)33-13-16-3-4-16)19-9-20(25)11-21(10-19)32-12-17-5-7-18(8-6-17)23(29)28-34(2,30)31/h5-11,14,16H,3-4,12-13H2,1-2H3,(H,28,29). The Bertz CT molecular complexity index is 1310. The number of nitrogens with one attached hydrogen (secondary N) is 1. The van der Waals surface area contributed by atoms with Crippen molar-refractivity contribution in [1.82, 2.24) is 14.7 Å². The fraction of sp³-hybridized carbons (Fsp3) is 0.292. The number of benzene rings is 2. The zero-order valence-electron chi connectivity index (χ0n) is 18.7. The number of halogens is 1. The first-order valence-electron chi connectivity index (χ1n) is 10.7. The largest absolute Gasteiger partial charge is 0.489 e. The molecule has 1 aliphatic carbocycles. The van der Waals surface area contributed by atoms with Crippen LogP contribution in [0.25, 0.3) is 11.3 Å². The van der Waals surface area contributed by atoms with Gasteiger partial charge in [0.25, 0.3) is 5.91 Å². The van der Waals surface area contributed by atoms with Crippen molar-refractivity contribution in [3.63, 3.8) is 0 Å². The summed E-state index contributed by atoms with van der Waals surface area (Å²) in [4.78, 5) is 20.4. The van der Waals surface area contributed by atoms with Gasteiger partial charge in [0.2, 0.25) is 15.9 Å². The number of ether oxygens (including phenoxy) is 2. The number of aromatic nitrogens is 2. The molecule has 0 spiro atoms. The van der Waals surface area contributed by atoms with Gasteiger partial charge in [-0.15, -0.1) is 0 Å². The monoisotopic (exact) mass is 485 g/mol. The highest BCUT2D eigenvalue weighted by Gasteiger charge is 2.23. The van der Waals surface area contributed by atoms with Gasteiger partial charge in [-0.2, -0.15) is 0 Å². The Morgan fingerprint density at radius 3 is 2.53 bits per heavy atom. The lowest BCUT2D eigenvalue weighted by atomic mass is 10.1. The minimum Gasteiger partial charge on any atom is -0.489 e. The molecule has 2 aromatic carbocycles. The van der Waals surface area contributed by atoms with Crippen molar-refractivity contribution < 1.29 is 27.1 Å². The van der Waals surface area contributed by atoms with E-state index in [9.17, 15) is 17.6 Å². The molecule has 0 unspecified atom stereocenters. The molecule has 0 radical (unpaired) electrons. The SMILES string of the molecule is Cc1c(OCC2CC2)ncnc1-c1cc(F)cc(OCc2ccc(C(=O)NS(C)(=O)=O)cc2)c1. The van der Waals surface area contributed by atoms with Gasteiger partial charge in [-0.1, -0.05) is 12.1 Å². The summed E-state index contributed by atoms with van der Waals surface area (Å²) in [5.74, 6) is 0.190. The highest BCUT2D eigenvalue weighted by molar-refractivity contribution is 7.89. The second-order valence-corrected chi connectivity index (χ2v) is 10.0. The maximum absolute atomic E-state index is 14.4. The van der Waals surface area contributed by atoms with Crippen LogP contribution in [-0.2, 0) is 16.6 Å². The Morgan fingerprint density at radius 1 is 1.12 bits per heavy atom. The summed E-state index contributed by atoms with van der Waals surface area (Å²) in [5, 5.41) is 0. The van der Waals surface area contributed by atoms with E-state index in [4.69, 9.17) is 9.47 Å². The van der Waals surface area contributed by atoms with Crippen LogP contribution in [0.4, 0.5) is 4.39 Å². The lowest BCUT2D eigenvalue weighted by Crippen LogP contribution is -2.29. The Kier molecular flexibility index (Phi) is 6.78. The van der Waals surface area contributed by atoms with Crippen molar-refractivity contribution in [2.75, 3.05) is 12.9 Å². The van der Waals surface area contributed by atoms with E-state index in [1.54, 1.807) is 18.2 Å². The molecule has 4 rings (SSSR count). The minimum atomic E-state index is -3.65. The molecule has 1 N–H and O–H groups in total. The molecule has 1 heterocycles. The van der Waals surface area contributed by atoms with Crippen LogP contribution in [0.2, 0.25) is 0 Å². The lowest BCUT2D eigenvalue weighted by Gasteiger charge is -2.12. The summed E-state index contributed by atoms with van der Waals surface area (Å²) in [6.07, 6.45) is 4.64. The minimum absolute atomic E-state index is 0.120. The first-order chi connectivity index (χ1) is 16.2. The van der Waals surface area contributed by atoms with E-state index in [-0.39, 0.29) is 12.2 Å². The molecule has 1 amide bonds. The first kappa shape index (κ1) is 23.6. The van der Waals surface area contributed by atoms with Crippen LogP contribution in [0.5, 0.6) is 11.6 Å². The Hall–Kier alpha value is -3.53. The highest BCUT2D eigenvalue weighted by atomic mass is 32.2. The summed E-state index contributed by atoms with van der Waals surface area (Å²) in [6.45, 7) is 2.57. The fourth-order valence-corrected chi connectivity index (χ4v) is 3.74. The first-order valence-corrected chi connectivity index (χ1v) is 12.6. The molecule has 0 saturated heterocycles. The predicted octanol–water partition coefficient (Wildman–Crippen LogP) is 3.65.